The third-order valence-corrected chi connectivity index (χ3v) is 2.34. The van der Waals surface area contributed by atoms with Crippen molar-refractivity contribution < 1.29 is 47.0 Å². The smallest absolute Gasteiger partial charge is 2.00 e. The Morgan fingerprint density at radius 2 is 1.14 bits per heavy atom. The number of rotatable bonds is 0. The first-order chi connectivity index (χ1) is 8.95. The van der Waals surface area contributed by atoms with E-state index in [9.17, 15) is 0 Å². The molecule has 22 heavy (non-hydrogen) atoms. The first-order valence-corrected chi connectivity index (χ1v) is 6.53. The minimum absolute atomic E-state index is 0. The Balaban J connectivity index is 0. The quantitative estimate of drug-likeness (QED) is 0.321. The van der Waals surface area contributed by atoms with Crippen LogP contribution in [0.4, 0.5) is 0 Å². The molecular weight excluding hydrogens is 351 g/mol. The summed E-state index contributed by atoms with van der Waals surface area (Å²) in [4.78, 5) is 8.69. The molecular formula is C12H10N2O6SV-2. The molecule has 3 rings (SSSR count). The zero-order valence-electron chi connectivity index (χ0n) is 10.9. The fourth-order valence-corrected chi connectivity index (χ4v) is 1.68. The van der Waals surface area contributed by atoms with E-state index in [4.69, 9.17) is 17.5 Å². The van der Waals surface area contributed by atoms with Crippen LogP contribution in [0.15, 0.2) is 48.8 Å². The second-order valence-corrected chi connectivity index (χ2v) is 4.44. The predicted molar refractivity (Wildman–Crippen MR) is 71.8 cm³/mol. The summed E-state index contributed by atoms with van der Waals surface area (Å²) in [6.07, 6.45) is 3.60. The molecule has 1 aromatic carbocycles. The summed E-state index contributed by atoms with van der Waals surface area (Å²) in [5, 5.41) is 2.28. The number of hydrogen-bond donors (Lipinski definition) is 0. The molecule has 0 saturated carbocycles. The van der Waals surface area contributed by atoms with E-state index in [1.807, 2.05) is 12.1 Å². The van der Waals surface area contributed by atoms with Gasteiger partial charge in [0.1, 0.15) is 0 Å². The average molecular weight is 361 g/mol. The molecule has 10 heteroatoms. The molecule has 2 N–H and O–H groups in total. The summed E-state index contributed by atoms with van der Waals surface area (Å²) >= 11 is 0. The van der Waals surface area contributed by atoms with Gasteiger partial charge in [-0.3, -0.25) is 18.4 Å². The molecule has 0 saturated heterocycles. The van der Waals surface area contributed by atoms with Crippen LogP contribution in [0.3, 0.4) is 0 Å². The van der Waals surface area contributed by atoms with Crippen LogP contribution in [-0.4, -0.2) is 33.0 Å². The van der Waals surface area contributed by atoms with Gasteiger partial charge in [0, 0.05) is 33.6 Å². The van der Waals surface area contributed by atoms with Gasteiger partial charge in [-0.25, -0.2) is 0 Å². The summed E-state index contributed by atoms with van der Waals surface area (Å²) in [5.41, 5.74) is 1.95. The zero-order chi connectivity index (χ0) is 13.9. The van der Waals surface area contributed by atoms with E-state index in [1.165, 1.54) is 0 Å². The van der Waals surface area contributed by atoms with Gasteiger partial charge in [0.05, 0.1) is 11.0 Å². The summed E-state index contributed by atoms with van der Waals surface area (Å²) in [6.45, 7) is 0. The third-order valence-electron chi connectivity index (χ3n) is 2.34. The Morgan fingerprint density at radius 3 is 1.45 bits per heavy atom. The number of benzene rings is 1. The Labute approximate surface area is 138 Å². The van der Waals surface area contributed by atoms with Gasteiger partial charge in [0.2, 0.25) is 0 Å². The Morgan fingerprint density at radius 1 is 0.818 bits per heavy atom. The normalized spacial score (nSPS) is 9.55. The van der Waals surface area contributed by atoms with Crippen molar-refractivity contribution in [3.8, 4) is 0 Å². The second kappa shape index (κ2) is 9.44. The first-order valence-electron chi connectivity index (χ1n) is 5.20. The standard InChI is InChI=1S/C12H8N2.H2O4S.H2O.O.V/c1-3-9-5-6-10-4-2-8-14-12(10)11(9)13-7-1;1-5(2,3)4;;;/h1-8H;(H2,1,2,3,4);1H2;;/q;;;-2;+2/p-2. The molecule has 0 bridgehead atoms. The van der Waals surface area contributed by atoms with Gasteiger partial charge in [-0.05, 0) is 12.1 Å². The van der Waals surface area contributed by atoms with Crippen molar-refractivity contribution in [1.29, 1.82) is 0 Å². The van der Waals surface area contributed by atoms with Gasteiger partial charge in [-0.2, -0.15) is 0 Å². The van der Waals surface area contributed by atoms with Gasteiger partial charge < -0.3 is 20.1 Å². The Kier molecular flexibility index (Phi) is 9.73. The van der Waals surface area contributed by atoms with Crippen LogP contribution in [0.1, 0.15) is 0 Å². The van der Waals surface area contributed by atoms with E-state index in [0.29, 0.717) is 0 Å². The number of fused-ring (bicyclic) bond motifs is 3. The largest absolute Gasteiger partial charge is 2.00 e. The van der Waals surface area contributed by atoms with Crippen LogP contribution in [0.5, 0.6) is 0 Å². The first kappa shape index (κ1) is 22.7. The topological polar surface area (TPSA) is 166 Å². The van der Waals surface area contributed by atoms with Gasteiger partial charge >= 0.3 is 18.6 Å². The van der Waals surface area contributed by atoms with Crippen molar-refractivity contribution >= 4 is 32.2 Å². The summed E-state index contributed by atoms with van der Waals surface area (Å²) in [7, 11) is -5.17. The molecule has 8 nitrogen and oxygen atoms in total. The van der Waals surface area contributed by atoms with Gasteiger partial charge in [0.15, 0.2) is 0 Å². The van der Waals surface area contributed by atoms with Gasteiger partial charge in [-0.1, -0.05) is 24.3 Å². The molecule has 0 unspecified atom stereocenters. The second-order valence-electron chi connectivity index (χ2n) is 3.62. The Hall–Kier alpha value is -1.59. The van der Waals surface area contributed by atoms with Gasteiger partial charge in [0.25, 0.3) is 0 Å². The monoisotopic (exact) mass is 361 g/mol. The zero-order valence-corrected chi connectivity index (χ0v) is 13.1. The Bertz CT molecular complexity index is 765. The molecule has 117 valence electrons. The van der Waals surface area contributed by atoms with E-state index >= 15 is 0 Å². The SMILES string of the molecule is O.O=S(=O)([O-])[O-].[O-2].[V+2].c1cnc2c(c1)ccc1cccnc12. The maximum Gasteiger partial charge on any atom is 2.00 e. The third kappa shape index (κ3) is 6.45. The summed E-state index contributed by atoms with van der Waals surface area (Å²) in [6, 6.07) is 12.1. The summed E-state index contributed by atoms with van der Waals surface area (Å²) < 4.78 is 34.1. The molecule has 2 heterocycles. The van der Waals surface area contributed by atoms with Crippen molar-refractivity contribution in [1.82, 2.24) is 9.97 Å². The van der Waals surface area contributed by atoms with Crippen molar-refractivity contribution in [2.45, 2.75) is 0 Å². The molecule has 3 aromatic rings. The number of aromatic nitrogens is 2. The van der Waals surface area contributed by atoms with E-state index in [1.54, 1.807) is 12.4 Å². The maximum atomic E-state index is 8.52. The minimum atomic E-state index is -5.17. The van der Waals surface area contributed by atoms with Crippen LogP contribution in [0, 0.1) is 0 Å². The molecule has 0 amide bonds. The van der Waals surface area contributed by atoms with Crippen molar-refractivity contribution in [2.75, 3.05) is 0 Å². The fraction of sp³-hybridized carbons (Fsp3) is 0. The van der Waals surface area contributed by atoms with Crippen LogP contribution >= 0.6 is 0 Å². The predicted octanol–water partition coefficient (Wildman–Crippen LogP) is 0.499. The van der Waals surface area contributed by atoms with Crippen LogP contribution in [-0.2, 0) is 34.4 Å². The van der Waals surface area contributed by atoms with Crippen LogP contribution < -0.4 is 0 Å². The van der Waals surface area contributed by atoms with E-state index in [2.05, 4.69) is 34.2 Å². The molecule has 0 aliphatic heterocycles. The van der Waals surface area contributed by atoms with E-state index in [0.717, 1.165) is 21.8 Å². The molecule has 0 aliphatic rings. The molecule has 0 fully saturated rings. The number of pyridine rings is 2. The molecule has 2 aromatic heterocycles. The summed E-state index contributed by atoms with van der Waals surface area (Å²) in [5.74, 6) is 0. The van der Waals surface area contributed by atoms with Gasteiger partial charge in [-0.15, -0.1) is 0 Å². The van der Waals surface area contributed by atoms with Crippen molar-refractivity contribution in [2.24, 2.45) is 0 Å². The van der Waals surface area contributed by atoms with E-state index in [-0.39, 0.29) is 29.5 Å². The van der Waals surface area contributed by atoms with E-state index < -0.39 is 10.4 Å². The maximum absolute atomic E-state index is 8.52. The average Bonchev–Trinajstić information content (AvgIpc) is 2.37. The number of hydrogen-bond acceptors (Lipinski definition) is 6. The molecule has 0 aliphatic carbocycles. The minimum Gasteiger partial charge on any atom is -2.00 e. The molecule has 0 spiro atoms. The fourth-order valence-electron chi connectivity index (χ4n) is 1.68. The molecule has 1 radical (unpaired) electrons. The molecule has 0 atom stereocenters. The van der Waals surface area contributed by atoms with Crippen LogP contribution in [0.25, 0.3) is 21.8 Å². The van der Waals surface area contributed by atoms with Crippen molar-refractivity contribution in [3.05, 3.63) is 48.8 Å². The van der Waals surface area contributed by atoms with Crippen LogP contribution in [0.2, 0.25) is 0 Å². The number of nitrogens with zero attached hydrogens (tertiary/aromatic N) is 2. The van der Waals surface area contributed by atoms with Crippen molar-refractivity contribution in [3.63, 3.8) is 0 Å².